The fraction of sp³-hybridized carbons (Fsp3) is 0.571. The summed E-state index contributed by atoms with van der Waals surface area (Å²) in [6.45, 7) is 5.36. The molecule has 20 heavy (non-hydrogen) atoms. The van der Waals surface area contributed by atoms with Gasteiger partial charge >= 0.3 is 0 Å². The van der Waals surface area contributed by atoms with Crippen molar-refractivity contribution in [3.63, 3.8) is 0 Å². The summed E-state index contributed by atoms with van der Waals surface area (Å²) in [7, 11) is -3.16. The Hall–Kier alpha value is -0.950. The van der Waals surface area contributed by atoms with Crippen molar-refractivity contribution in [2.45, 2.75) is 11.8 Å². The average molecular weight is 295 g/mol. The van der Waals surface area contributed by atoms with Gasteiger partial charge in [0.2, 0.25) is 10.0 Å². The Labute approximate surface area is 120 Å². The summed E-state index contributed by atoms with van der Waals surface area (Å²) in [4.78, 5) is 2.39. The van der Waals surface area contributed by atoms with Crippen LogP contribution in [0.25, 0.3) is 0 Å². The van der Waals surface area contributed by atoms with Crippen molar-refractivity contribution in [2.75, 3.05) is 39.3 Å². The van der Waals surface area contributed by atoms with E-state index in [4.69, 9.17) is 0 Å². The number of hydrogen-bond donors (Lipinski definition) is 1. The number of benzene rings is 1. The van der Waals surface area contributed by atoms with Crippen molar-refractivity contribution in [1.82, 2.24) is 14.5 Å². The van der Waals surface area contributed by atoms with Crippen molar-refractivity contribution >= 4 is 10.0 Å². The second kappa shape index (κ2) is 5.81. The molecule has 0 aliphatic carbocycles. The number of piperazine rings is 1. The van der Waals surface area contributed by atoms with E-state index in [9.17, 15) is 8.42 Å². The van der Waals surface area contributed by atoms with Gasteiger partial charge in [-0.1, -0.05) is 30.3 Å². The Morgan fingerprint density at radius 2 is 1.75 bits per heavy atom. The van der Waals surface area contributed by atoms with Gasteiger partial charge in [-0.25, -0.2) is 8.42 Å². The van der Waals surface area contributed by atoms with E-state index in [-0.39, 0.29) is 5.75 Å². The summed E-state index contributed by atoms with van der Waals surface area (Å²) in [6.07, 6.45) is 0. The van der Waals surface area contributed by atoms with Gasteiger partial charge in [-0.15, -0.1) is 0 Å². The fourth-order valence-electron chi connectivity index (χ4n) is 2.80. The Kier molecular flexibility index (Phi) is 4.07. The minimum Gasteiger partial charge on any atom is -0.314 e. The molecule has 3 rings (SSSR count). The highest BCUT2D eigenvalue weighted by Gasteiger charge is 2.38. The molecule has 2 fully saturated rings. The van der Waals surface area contributed by atoms with Gasteiger partial charge in [-0.3, -0.25) is 4.90 Å². The second-order valence-electron chi connectivity index (χ2n) is 5.50. The molecule has 6 heteroatoms. The summed E-state index contributed by atoms with van der Waals surface area (Å²) in [6, 6.07) is 9.80. The second-order valence-corrected chi connectivity index (χ2v) is 7.47. The minimum atomic E-state index is -3.16. The van der Waals surface area contributed by atoms with Crippen molar-refractivity contribution < 1.29 is 8.42 Å². The van der Waals surface area contributed by atoms with E-state index < -0.39 is 10.0 Å². The molecular weight excluding hydrogens is 274 g/mol. The van der Waals surface area contributed by atoms with E-state index in [2.05, 4.69) is 10.2 Å². The van der Waals surface area contributed by atoms with Gasteiger partial charge in [0, 0.05) is 45.3 Å². The number of hydrogen-bond acceptors (Lipinski definition) is 4. The Balaban J connectivity index is 1.55. The summed E-state index contributed by atoms with van der Waals surface area (Å²) in [5.41, 5.74) is 0.859. The first-order chi connectivity index (χ1) is 9.65. The molecule has 0 spiro atoms. The summed E-state index contributed by atoms with van der Waals surface area (Å²) in [5.74, 6) is 0.113. The molecule has 0 saturated carbocycles. The maximum Gasteiger partial charge on any atom is 0.218 e. The molecule has 5 nitrogen and oxygen atoms in total. The average Bonchev–Trinajstić information content (AvgIpc) is 2.38. The van der Waals surface area contributed by atoms with Gasteiger partial charge in [0.25, 0.3) is 0 Å². The van der Waals surface area contributed by atoms with Crippen molar-refractivity contribution in [2.24, 2.45) is 0 Å². The lowest BCUT2D eigenvalue weighted by Gasteiger charge is -2.45. The van der Waals surface area contributed by atoms with Crippen LogP contribution >= 0.6 is 0 Å². The first-order valence-corrected chi connectivity index (χ1v) is 8.72. The zero-order chi connectivity index (χ0) is 14.0. The van der Waals surface area contributed by atoms with Gasteiger partial charge in [0.05, 0.1) is 5.75 Å². The van der Waals surface area contributed by atoms with E-state index in [1.54, 1.807) is 4.31 Å². The predicted octanol–water partition coefficient (Wildman–Crippen LogP) is 0.106. The molecule has 0 atom stereocenters. The van der Waals surface area contributed by atoms with Crippen LogP contribution < -0.4 is 5.32 Å². The first kappa shape index (κ1) is 14.0. The van der Waals surface area contributed by atoms with Crippen LogP contribution in [0, 0.1) is 0 Å². The van der Waals surface area contributed by atoms with Gasteiger partial charge in [-0.2, -0.15) is 4.31 Å². The zero-order valence-electron chi connectivity index (χ0n) is 11.5. The smallest absolute Gasteiger partial charge is 0.218 e. The Morgan fingerprint density at radius 3 is 2.40 bits per heavy atom. The molecule has 0 amide bonds. The predicted molar refractivity (Wildman–Crippen MR) is 78.9 cm³/mol. The van der Waals surface area contributed by atoms with E-state index >= 15 is 0 Å². The molecule has 110 valence electrons. The number of nitrogens with zero attached hydrogens (tertiary/aromatic N) is 2. The van der Waals surface area contributed by atoms with Crippen LogP contribution in [-0.2, 0) is 15.8 Å². The first-order valence-electron chi connectivity index (χ1n) is 7.12. The third-order valence-corrected chi connectivity index (χ3v) is 5.87. The largest absolute Gasteiger partial charge is 0.314 e. The molecule has 1 aromatic rings. The van der Waals surface area contributed by atoms with Crippen molar-refractivity contribution in [1.29, 1.82) is 0 Å². The fourth-order valence-corrected chi connectivity index (χ4v) is 4.39. The van der Waals surface area contributed by atoms with Crippen LogP contribution in [0.3, 0.4) is 0 Å². The monoisotopic (exact) mass is 295 g/mol. The zero-order valence-corrected chi connectivity index (χ0v) is 12.3. The molecule has 2 aliphatic heterocycles. The van der Waals surface area contributed by atoms with E-state index in [0.717, 1.165) is 31.7 Å². The Morgan fingerprint density at radius 1 is 1.10 bits per heavy atom. The van der Waals surface area contributed by atoms with Gasteiger partial charge in [0.15, 0.2) is 0 Å². The van der Waals surface area contributed by atoms with Gasteiger partial charge in [-0.05, 0) is 5.56 Å². The maximum atomic E-state index is 12.3. The Bertz CT molecular complexity index is 535. The summed E-state index contributed by atoms with van der Waals surface area (Å²) in [5, 5.41) is 3.32. The highest BCUT2D eigenvalue weighted by molar-refractivity contribution is 7.88. The molecule has 1 N–H and O–H groups in total. The minimum absolute atomic E-state index is 0.113. The van der Waals surface area contributed by atoms with E-state index in [1.165, 1.54) is 0 Å². The molecule has 2 aliphatic rings. The third-order valence-electron chi connectivity index (χ3n) is 4.08. The molecule has 0 unspecified atom stereocenters. The van der Waals surface area contributed by atoms with Crippen molar-refractivity contribution in [3.8, 4) is 0 Å². The van der Waals surface area contributed by atoms with Crippen molar-refractivity contribution in [3.05, 3.63) is 35.9 Å². The standard InChI is InChI=1S/C14H21N3O2S/c18-20(19,12-13-4-2-1-3-5-13)17-10-14(11-17)16-8-6-15-7-9-16/h1-5,14-15H,6-12H2. The SMILES string of the molecule is O=S(=O)(Cc1ccccc1)N1CC(N2CCNCC2)C1. The highest BCUT2D eigenvalue weighted by Crippen LogP contribution is 2.21. The molecular formula is C14H21N3O2S. The lowest BCUT2D eigenvalue weighted by atomic mass is 10.1. The molecule has 0 bridgehead atoms. The van der Waals surface area contributed by atoms with Gasteiger partial charge in [0.1, 0.15) is 0 Å². The number of nitrogens with one attached hydrogen (secondary N) is 1. The normalized spacial score (nSPS) is 22.6. The van der Waals surface area contributed by atoms with Crippen LogP contribution in [0.4, 0.5) is 0 Å². The quantitative estimate of drug-likeness (QED) is 0.856. The topological polar surface area (TPSA) is 52.7 Å². The maximum absolute atomic E-state index is 12.3. The molecule has 2 heterocycles. The highest BCUT2D eigenvalue weighted by atomic mass is 32.2. The van der Waals surface area contributed by atoms with Crippen LogP contribution in [0.1, 0.15) is 5.56 Å². The van der Waals surface area contributed by atoms with E-state index in [1.807, 2.05) is 30.3 Å². The molecule has 0 radical (unpaired) electrons. The number of rotatable bonds is 4. The molecule has 2 saturated heterocycles. The van der Waals surface area contributed by atoms with E-state index in [0.29, 0.717) is 19.1 Å². The molecule has 1 aromatic carbocycles. The van der Waals surface area contributed by atoms with Gasteiger partial charge < -0.3 is 5.32 Å². The van der Waals surface area contributed by atoms with Crippen LogP contribution in [0.5, 0.6) is 0 Å². The lowest BCUT2D eigenvalue weighted by molar-refractivity contribution is 0.0772. The van der Waals surface area contributed by atoms with Crippen LogP contribution in [0.15, 0.2) is 30.3 Å². The third kappa shape index (κ3) is 3.03. The summed E-state index contributed by atoms with van der Waals surface area (Å²) < 4.78 is 26.2. The van der Waals surface area contributed by atoms with Crippen LogP contribution in [-0.4, -0.2) is 62.9 Å². The summed E-state index contributed by atoms with van der Waals surface area (Å²) >= 11 is 0. The van der Waals surface area contributed by atoms with Crippen LogP contribution in [0.2, 0.25) is 0 Å². The number of sulfonamides is 1. The molecule has 0 aromatic heterocycles. The lowest BCUT2D eigenvalue weighted by Crippen LogP contribution is -2.63.